The molecule has 2 aliphatic heterocycles. The van der Waals surface area contributed by atoms with Crippen LogP contribution in [-0.4, -0.2) is 25.0 Å². The van der Waals surface area contributed by atoms with Crippen LogP contribution >= 0.6 is 0 Å². The van der Waals surface area contributed by atoms with Gasteiger partial charge in [-0.1, -0.05) is 30.3 Å². The third-order valence-electron chi connectivity index (χ3n) is 5.38. The van der Waals surface area contributed by atoms with Gasteiger partial charge in [-0.3, -0.25) is 0 Å². The molecule has 1 aromatic carbocycles. The summed E-state index contributed by atoms with van der Waals surface area (Å²) < 4.78 is 0. The number of aromatic amines is 2. The molecule has 3 N–H and O–H groups in total. The fourth-order valence-electron chi connectivity index (χ4n) is 3.96. The van der Waals surface area contributed by atoms with Gasteiger partial charge in [-0.25, -0.2) is 9.97 Å². The summed E-state index contributed by atoms with van der Waals surface area (Å²) in [7, 11) is 0. The molecule has 5 heterocycles. The van der Waals surface area contributed by atoms with Crippen LogP contribution in [-0.2, 0) is 0 Å². The Hall–Kier alpha value is -4.38. The maximum absolute atomic E-state index is 11.1. The second kappa shape index (κ2) is 6.85. The lowest BCUT2D eigenvalue weighted by Gasteiger charge is -1.99. The number of H-pyrrole nitrogens is 2. The van der Waals surface area contributed by atoms with E-state index in [-0.39, 0.29) is 5.75 Å². The number of hydrogen-bond acceptors (Lipinski definition) is 3. The standard InChI is InChI=1S/C26H18N4O/c31-26-24-15-22-11-9-20(29-22)13-18-7-6-17(27-18)12-19-8-10-21(28-19)14-23(30-24)25(26)16-4-2-1-3-5-16/h1-15,27,30-31H. The molecule has 0 aliphatic carbocycles. The quantitative estimate of drug-likeness (QED) is 0.314. The minimum absolute atomic E-state index is 0.197. The van der Waals surface area contributed by atoms with Crippen molar-refractivity contribution in [2.24, 2.45) is 0 Å². The van der Waals surface area contributed by atoms with Crippen molar-refractivity contribution in [2.75, 3.05) is 0 Å². The van der Waals surface area contributed by atoms with Crippen LogP contribution in [0.3, 0.4) is 0 Å². The highest BCUT2D eigenvalue weighted by Crippen LogP contribution is 2.37. The third-order valence-corrected chi connectivity index (χ3v) is 5.38. The van der Waals surface area contributed by atoms with Crippen LogP contribution in [0, 0.1) is 0 Å². The zero-order valence-corrected chi connectivity index (χ0v) is 16.5. The minimum atomic E-state index is 0.197. The Kier molecular flexibility index (Phi) is 3.86. The molecule has 0 unspecified atom stereocenters. The fourth-order valence-corrected chi connectivity index (χ4v) is 3.96. The van der Waals surface area contributed by atoms with E-state index in [1.165, 1.54) is 0 Å². The molecule has 8 bridgehead atoms. The monoisotopic (exact) mass is 402 g/mol. The first-order valence-electron chi connectivity index (χ1n) is 10.1. The van der Waals surface area contributed by atoms with Gasteiger partial charge in [-0.05, 0) is 66.3 Å². The van der Waals surface area contributed by atoms with E-state index >= 15 is 0 Å². The van der Waals surface area contributed by atoms with Crippen LogP contribution in [0.4, 0.5) is 0 Å². The third kappa shape index (κ3) is 3.22. The summed E-state index contributed by atoms with van der Waals surface area (Å²) >= 11 is 0. The van der Waals surface area contributed by atoms with Gasteiger partial charge < -0.3 is 15.1 Å². The van der Waals surface area contributed by atoms with Crippen molar-refractivity contribution >= 4 is 46.4 Å². The van der Waals surface area contributed by atoms with Crippen molar-refractivity contribution in [3.8, 4) is 16.9 Å². The molecule has 0 radical (unpaired) electrons. The zero-order valence-electron chi connectivity index (χ0n) is 16.5. The van der Waals surface area contributed by atoms with Crippen molar-refractivity contribution in [3.63, 3.8) is 0 Å². The molecule has 6 rings (SSSR count). The fraction of sp³-hybridized carbons (Fsp3) is 0. The Balaban J connectivity index is 1.72. The van der Waals surface area contributed by atoms with Crippen molar-refractivity contribution in [3.05, 3.63) is 89.5 Å². The largest absolute Gasteiger partial charge is 0.505 e. The number of hydrogen-bond donors (Lipinski definition) is 3. The zero-order chi connectivity index (χ0) is 20.8. The molecule has 0 fully saturated rings. The molecule has 0 atom stereocenters. The normalized spacial score (nSPS) is 12.4. The highest BCUT2D eigenvalue weighted by Gasteiger charge is 2.13. The van der Waals surface area contributed by atoms with Crippen molar-refractivity contribution in [1.29, 1.82) is 0 Å². The SMILES string of the molecule is Oc1c(-c2ccccc2)c2cc3nc(cc4ccc(cc5nc(cc1[nH]2)C=C5)[nH]4)C=C3. The number of aromatic nitrogens is 4. The molecule has 2 aliphatic rings. The van der Waals surface area contributed by atoms with E-state index in [9.17, 15) is 5.11 Å². The number of fused-ring (bicyclic) bond motifs is 8. The molecular formula is C26H18N4O. The van der Waals surface area contributed by atoms with Gasteiger partial charge in [0.05, 0.1) is 33.8 Å². The van der Waals surface area contributed by atoms with Gasteiger partial charge in [0.15, 0.2) is 0 Å². The van der Waals surface area contributed by atoms with Crippen LogP contribution in [0.2, 0.25) is 0 Å². The summed E-state index contributed by atoms with van der Waals surface area (Å²) in [5.41, 5.74) is 8.34. The number of benzene rings is 1. The first-order valence-corrected chi connectivity index (χ1v) is 10.1. The average Bonchev–Trinajstić information content (AvgIpc) is 3.55. The van der Waals surface area contributed by atoms with E-state index in [1.54, 1.807) is 0 Å². The van der Waals surface area contributed by atoms with Crippen LogP contribution in [0.25, 0.3) is 57.5 Å². The van der Waals surface area contributed by atoms with E-state index in [0.717, 1.165) is 50.5 Å². The van der Waals surface area contributed by atoms with Crippen LogP contribution in [0.1, 0.15) is 22.8 Å². The van der Waals surface area contributed by atoms with E-state index < -0.39 is 0 Å². The van der Waals surface area contributed by atoms with E-state index in [2.05, 4.69) is 15.0 Å². The van der Waals surface area contributed by atoms with Gasteiger partial charge in [-0.2, -0.15) is 0 Å². The first kappa shape index (κ1) is 17.5. The van der Waals surface area contributed by atoms with Crippen LogP contribution in [0.15, 0.2) is 66.7 Å². The summed E-state index contributed by atoms with van der Waals surface area (Å²) in [4.78, 5) is 16.1. The molecule has 0 saturated heterocycles. The number of aromatic hydroxyl groups is 1. The van der Waals surface area contributed by atoms with Crippen molar-refractivity contribution < 1.29 is 5.11 Å². The highest BCUT2D eigenvalue weighted by atomic mass is 16.3. The van der Waals surface area contributed by atoms with Gasteiger partial charge in [-0.15, -0.1) is 0 Å². The molecule has 3 aromatic heterocycles. The second-order valence-corrected chi connectivity index (χ2v) is 7.58. The molecule has 5 heteroatoms. The Morgan fingerprint density at radius 3 is 1.74 bits per heavy atom. The van der Waals surface area contributed by atoms with Gasteiger partial charge in [0.2, 0.25) is 0 Å². The lowest BCUT2D eigenvalue weighted by Crippen LogP contribution is -1.77. The smallest absolute Gasteiger partial charge is 0.149 e. The molecule has 0 amide bonds. The van der Waals surface area contributed by atoms with Crippen LogP contribution in [0.5, 0.6) is 5.75 Å². The highest BCUT2D eigenvalue weighted by molar-refractivity contribution is 5.94. The maximum Gasteiger partial charge on any atom is 0.149 e. The molecule has 5 nitrogen and oxygen atoms in total. The second-order valence-electron chi connectivity index (χ2n) is 7.58. The lowest BCUT2D eigenvalue weighted by molar-refractivity contribution is 0.484. The van der Waals surface area contributed by atoms with Gasteiger partial charge >= 0.3 is 0 Å². The Labute approximate surface area is 178 Å². The predicted molar refractivity (Wildman–Crippen MR) is 126 cm³/mol. The number of nitrogens with one attached hydrogen (secondary N) is 2. The Bertz CT molecular complexity index is 1540. The Morgan fingerprint density at radius 1 is 0.581 bits per heavy atom. The number of rotatable bonds is 1. The lowest BCUT2D eigenvalue weighted by atomic mass is 10.1. The predicted octanol–water partition coefficient (Wildman–Crippen LogP) is 6.03. The Morgan fingerprint density at radius 2 is 1.13 bits per heavy atom. The summed E-state index contributed by atoms with van der Waals surface area (Å²) in [6.07, 6.45) is 7.86. The van der Waals surface area contributed by atoms with Crippen LogP contribution < -0.4 is 0 Å². The van der Waals surface area contributed by atoms with Gasteiger partial charge in [0.1, 0.15) is 5.75 Å². The summed E-state index contributed by atoms with van der Waals surface area (Å²) in [6.45, 7) is 0. The first-order chi connectivity index (χ1) is 15.2. The molecular weight excluding hydrogens is 384 g/mol. The topological polar surface area (TPSA) is 77.6 Å². The molecule has 148 valence electrons. The van der Waals surface area contributed by atoms with Gasteiger partial charge in [0, 0.05) is 16.6 Å². The van der Waals surface area contributed by atoms with Gasteiger partial charge in [0.25, 0.3) is 0 Å². The summed E-state index contributed by atoms with van der Waals surface area (Å²) in [5.74, 6) is 0.197. The molecule has 4 aromatic rings. The minimum Gasteiger partial charge on any atom is -0.505 e. The van der Waals surface area contributed by atoms with Crippen molar-refractivity contribution in [2.45, 2.75) is 0 Å². The van der Waals surface area contributed by atoms with E-state index in [0.29, 0.717) is 5.52 Å². The number of nitrogens with zero attached hydrogens (tertiary/aromatic N) is 2. The molecule has 31 heavy (non-hydrogen) atoms. The summed E-state index contributed by atoms with van der Waals surface area (Å²) in [5, 5.41) is 11.1. The average molecular weight is 402 g/mol. The van der Waals surface area contributed by atoms with E-state index in [1.807, 2.05) is 91.0 Å². The molecule has 0 spiro atoms. The molecule has 0 saturated carbocycles. The summed E-state index contributed by atoms with van der Waals surface area (Å²) in [6, 6.07) is 21.7. The maximum atomic E-state index is 11.1. The van der Waals surface area contributed by atoms with Crippen molar-refractivity contribution in [1.82, 2.24) is 19.9 Å². The van der Waals surface area contributed by atoms with E-state index in [4.69, 9.17) is 4.98 Å².